The highest BCUT2D eigenvalue weighted by Crippen LogP contribution is 2.41. The Labute approximate surface area is 99.3 Å². The molecule has 2 rings (SSSR count). The molecule has 5 heteroatoms. The predicted molar refractivity (Wildman–Crippen MR) is 62.0 cm³/mol. The first-order valence-electron chi connectivity index (χ1n) is 5.37. The Hall–Kier alpha value is -1.91. The Kier molecular flexibility index (Phi) is 3.08. The molecule has 1 atom stereocenters. The molecule has 2 N–H and O–H groups in total. The number of hydrogen-bond donors (Lipinski definition) is 2. The second-order valence-electron chi connectivity index (χ2n) is 3.99. The molecule has 1 aromatic rings. The lowest BCUT2D eigenvalue weighted by Crippen LogP contribution is -2.32. The molecule has 0 saturated carbocycles. The standard InChI is InChI=1S/C12H15NO4/c1-16-10-4-7-3-8(6-13-12(14)15)9(7)5-11(10)17-2/h4-5,8,13H,3,6H2,1-2H3,(H,14,15)/t8-/m1/s1. The Morgan fingerprint density at radius 3 is 2.65 bits per heavy atom. The lowest BCUT2D eigenvalue weighted by molar-refractivity contribution is 0.193. The third kappa shape index (κ3) is 2.13. The summed E-state index contributed by atoms with van der Waals surface area (Å²) in [6.07, 6.45) is -0.116. The molecule has 1 aromatic carbocycles. The monoisotopic (exact) mass is 237 g/mol. The average Bonchev–Trinajstić information content (AvgIpc) is 2.29. The average molecular weight is 237 g/mol. The topological polar surface area (TPSA) is 67.8 Å². The van der Waals surface area contributed by atoms with E-state index in [-0.39, 0.29) is 5.92 Å². The van der Waals surface area contributed by atoms with Crippen LogP contribution in [-0.2, 0) is 6.42 Å². The van der Waals surface area contributed by atoms with Gasteiger partial charge in [-0.15, -0.1) is 0 Å². The summed E-state index contributed by atoms with van der Waals surface area (Å²) >= 11 is 0. The molecule has 0 heterocycles. The quantitative estimate of drug-likeness (QED) is 0.834. The minimum atomic E-state index is -0.987. The maximum Gasteiger partial charge on any atom is 0.404 e. The summed E-state index contributed by atoms with van der Waals surface area (Å²) in [6.45, 7) is 0.442. The number of rotatable bonds is 4. The summed E-state index contributed by atoms with van der Waals surface area (Å²) in [5.74, 6) is 1.64. The second-order valence-corrected chi connectivity index (χ2v) is 3.99. The fraction of sp³-hybridized carbons (Fsp3) is 0.417. The van der Waals surface area contributed by atoms with Crippen molar-refractivity contribution in [1.82, 2.24) is 5.32 Å². The van der Waals surface area contributed by atoms with Gasteiger partial charge in [-0.1, -0.05) is 0 Å². The van der Waals surface area contributed by atoms with Crippen molar-refractivity contribution in [3.05, 3.63) is 23.3 Å². The summed E-state index contributed by atoms with van der Waals surface area (Å²) in [4.78, 5) is 10.4. The molecular formula is C12H15NO4. The molecule has 0 aromatic heterocycles. The van der Waals surface area contributed by atoms with E-state index in [0.717, 1.165) is 17.7 Å². The minimum absolute atomic E-state index is 0.237. The van der Waals surface area contributed by atoms with Crippen LogP contribution in [0, 0.1) is 0 Å². The number of ether oxygens (including phenoxy) is 2. The van der Waals surface area contributed by atoms with Gasteiger partial charge in [0.1, 0.15) is 0 Å². The van der Waals surface area contributed by atoms with Crippen LogP contribution in [0.4, 0.5) is 4.79 Å². The molecule has 0 saturated heterocycles. The van der Waals surface area contributed by atoms with Gasteiger partial charge in [0.05, 0.1) is 14.2 Å². The van der Waals surface area contributed by atoms with Gasteiger partial charge in [-0.2, -0.15) is 0 Å². The number of nitrogens with one attached hydrogen (secondary N) is 1. The fourth-order valence-electron chi connectivity index (χ4n) is 2.13. The lowest BCUT2D eigenvalue weighted by atomic mass is 9.77. The van der Waals surface area contributed by atoms with Crippen LogP contribution in [-0.4, -0.2) is 32.0 Å². The van der Waals surface area contributed by atoms with Crippen LogP contribution in [0.1, 0.15) is 17.0 Å². The van der Waals surface area contributed by atoms with Crippen molar-refractivity contribution in [2.75, 3.05) is 20.8 Å². The van der Waals surface area contributed by atoms with E-state index in [0.29, 0.717) is 12.3 Å². The van der Waals surface area contributed by atoms with Crippen LogP contribution in [0.3, 0.4) is 0 Å². The van der Waals surface area contributed by atoms with Crippen LogP contribution in [0.5, 0.6) is 11.5 Å². The molecule has 1 amide bonds. The van der Waals surface area contributed by atoms with E-state index in [1.165, 1.54) is 5.56 Å². The zero-order valence-electron chi connectivity index (χ0n) is 9.82. The van der Waals surface area contributed by atoms with Crippen molar-refractivity contribution in [3.8, 4) is 11.5 Å². The van der Waals surface area contributed by atoms with Gasteiger partial charge in [0.15, 0.2) is 11.5 Å². The predicted octanol–water partition coefficient (Wildman–Crippen LogP) is 1.61. The van der Waals surface area contributed by atoms with E-state index in [2.05, 4.69) is 5.32 Å². The first-order valence-corrected chi connectivity index (χ1v) is 5.37. The number of fused-ring (bicyclic) bond motifs is 1. The Balaban J connectivity index is 2.14. The van der Waals surface area contributed by atoms with Gasteiger partial charge in [-0.3, -0.25) is 0 Å². The van der Waals surface area contributed by atoms with E-state index in [9.17, 15) is 4.79 Å². The number of benzene rings is 1. The first kappa shape index (κ1) is 11.6. The van der Waals surface area contributed by atoms with Crippen LogP contribution >= 0.6 is 0 Å². The molecule has 1 aliphatic carbocycles. The highest BCUT2D eigenvalue weighted by molar-refractivity contribution is 5.64. The van der Waals surface area contributed by atoms with E-state index in [1.807, 2.05) is 12.1 Å². The fourth-order valence-corrected chi connectivity index (χ4v) is 2.13. The van der Waals surface area contributed by atoms with Crippen molar-refractivity contribution in [2.45, 2.75) is 12.3 Å². The van der Waals surface area contributed by atoms with Crippen molar-refractivity contribution in [2.24, 2.45) is 0 Å². The molecule has 17 heavy (non-hydrogen) atoms. The molecule has 0 unspecified atom stereocenters. The van der Waals surface area contributed by atoms with Gasteiger partial charge < -0.3 is 19.9 Å². The maximum absolute atomic E-state index is 10.4. The summed E-state index contributed by atoms with van der Waals surface area (Å²) < 4.78 is 10.4. The second kappa shape index (κ2) is 4.53. The highest BCUT2D eigenvalue weighted by atomic mass is 16.5. The van der Waals surface area contributed by atoms with Gasteiger partial charge in [-0.25, -0.2) is 4.79 Å². The molecule has 0 fully saturated rings. The normalized spacial score (nSPS) is 16.7. The van der Waals surface area contributed by atoms with E-state index >= 15 is 0 Å². The Morgan fingerprint density at radius 2 is 2.06 bits per heavy atom. The van der Waals surface area contributed by atoms with E-state index in [1.54, 1.807) is 14.2 Å². The molecule has 0 radical (unpaired) electrons. The summed E-state index contributed by atoms with van der Waals surface area (Å²) in [5.41, 5.74) is 2.33. The maximum atomic E-state index is 10.4. The minimum Gasteiger partial charge on any atom is -0.493 e. The summed E-state index contributed by atoms with van der Waals surface area (Å²) in [6, 6.07) is 3.87. The van der Waals surface area contributed by atoms with E-state index < -0.39 is 6.09 Å². The summed E-state index contributed by atoms with van der Waals surface area (Å²) in [7, 11) is 3.19. The Morgan fingerprint density at radius 1 is 1.41 bits per heavy atom. The highest BCUT2D eigenvalue weighted by Gasteiger charge is 2.28. The SMILES string of the molecule is COc1cc2c(cc1OC)[C@@H](CNC(=O)O)C2. The molecule has 0 aliphatic heterocycles. The van der Waals surface area contributed by atoms with Crippen molar-refractivity contribution in [3.63, 3.8) is 0 Å². The third-order valence-corrected chi connectivity index (χ3v) is 3.05. The Bertz CT molecular complexity index is 444. The van der Waals surface area contributed by atoms with Gasteiger partial charge in [0.25, 0.3) is 0 Å². The van der Waals surface area contributed by atoms with Crippen LogP contribution in [0.2, 0.25) is 0 Å². The van der Waals surface area contributed by atoms with Gasteiger partial charge in [-0.05, 0) is 29.7 Å². The molecule has 5 nitrogen and oxygen atoms in total. The van der Waals surface area contributed by atoms with E-state index in [4.69, 9.17) is 14.6 Å². The van der Waals surface area contributed by atoms with Crippen molar-refractivity contribution < 1.29 is 19.4 Å². The van der Waals surface area contributed by atoms with Crippen molar-refractivity contribution >= 4 is 6.09 Å². The largest absolute Gasteiger partial charge is 0.493 e. The molecular weight excluding hydrogens is 222 g/mol. The zero-order chi connectivity index (χ0) is 12.4. The van der Waals surface area contributed by atoms with Gasteiger partial charge in [0, 0.05) is 12.5 Å². The number of carboxylic acid groups (broad SMARTS) is 1. The van der Waals surface area contributed by atoms with Crippen LogP contribution < -0.4 is 14.8 Å². The molecule has 1 aliphatic rings. The molecule has 0 spiro atoms. The summed E-state index contributed by atoms with van der Waals surface area (Å²) in [5, 5.41) is 11.0. The number of amides is 1. The number of methoxy groups -OCH3 is 2. The molecule has 92 valence electrons. The number of carbonyl (C=O) groups is 1. The zero-order valence-corrected chi connectivity index (χ0v) is 9.82. The number of hydrogen-bond acceptors (Lipinski definition) is 3. The first-order chi connectivity index (χ1) is 8.15. The van der Waals surface area contributed by atoms with Gasteiger partial charge >= 0.3 is 6.09 Å². The van der Waals surface area contributed by atoms with Gasteiger partial charge in [0.2, 0.25) is 0 Å². The van der Waals surface area contributed by atoms with Crippen LogP contribution in [0.15, 0.2) is 12.1 Å². The third-order valence-electron chi connectivity index (χ3n) is 3.05. The smallest absolute Gasteiger partial charge is 0.404 e. The van der Waals surface area contributed by atoms with Crippen LogP contribution in [0.25, 0.3) is 0 Å². The lowest BCUT2D eigenvalue weighted by Gasteiger charge is -2.31. The molecule has 0 bridgehead atoms. The van der Waals surface area contributed by atoms with Crippen molar-refractivity contribution in [1.29, 1.82) is 0 Å².